The van der Waals surface area contributed by atoms with Crippen molar-refractivity contribution in [2.24, 2.45) is 5.92 Å². The predicted molar refractivity (Wildman–Crippen MR) is 78.1 cm³/mol. The standard InChI is InChI=1S/C15H24ClNO/c1-5-17-10-15(18-12(4)11(2)3)13-8-6-7-9-14(13)16/h6-9,11-12,15,17H,5,10H2,1-4H3. The number of benzene rings is 1. The van der Waals surface area contributed by atoms with Gasteiger partial charge in [-0.05, 0) is 25.5 Å². The minimum Gasteiger partial charge on any atom is -0.369 e. The summed E-state index contributed by atoms with van der Waals surface area (Å²) >= 11 is 6.25. The number of hydrogen-bond acceptors (Lipinski definition) is 2. The predicted octanol–water partition coefficient (Wildman–Crippen LogP) is 4.05. The normalized spacial score (nSPS) is 14.8. The zero-order valence-corrected chi connectivity index (χ0v) is 12.5. The molecule has 1 aromatic carbocycles. The van der Waals surface area contributed by atoms with Gasteiger partial charge in [-0.25, -0.2) is 0 Å². The Hall–Kier alpha value is -0.570. The number of rotatable bonds is 7. The van der Waals surface area contributed by atoms with Crippen molar-refractivity contribution < 1.29 is 4.74 Å². The fourth-order valence-corrected chi connectivity index (χ4v) is 1.92. The molecule has 0 aliphatic rings. The molecule has 2 atom stereocenters. The molecule has 18 heavy (non-hydrogen) atoms. The lowest BCUT2D eigenvalue weighted by atomic mass is 10.1. The van der Waals surface area contributed by atoms with E-state index in [0.717, 1.165) is 23.7 Å². The van der Waals surface area contributed by atoms with Gasteiger partial charge in [-0.3, -0.25) is 0 Å². The van der Waals surface area contributed by atoms with Crippen molar-refractivity contribution in [2.75, 3.05) is 13.1 Å². The zero-order valence-electron chi connectivity index (χ0n) is 11.7. The Kier molecular flexibility index (Phi) is 6.69. The second-order valence-corrected chi connectivity index (χ2v) is 5.31. The second-order valence-electron chi connectivity index (χ2n) is 4.90. The lowest BCUT2D eigenvalue weighted by Gasteiger charge is -2.26. The molecule has 0 aliphatic heterocycles. The van der Waals surface area contributed by atoms with E-state index in [0.29, 0.717) is 5.92 Å². The third-order valence-electron chi connectivity index (χ3n) is 3.15. The van der Waals surface area contributed by atoms with Gasteiger partial charge in [0.25, 0.3) is 0 Å². The van der Waals surface area contributed by atoms with Crippen LogP contribution in [0, 0.1) is 5.92 Å². The summed E-state index contributed by atoms with van der Waals surface area (Å²) in [6.45, 7) is 10.3. The number of likely N-dealkylation sites (N-methyl/N-ethyl adjacent to an activating group) is 1. The van der Waals surface area contributed by atoms with Crippen molar-refractivity contribution in [3.8, 4) is 0 Å². The number of halogens is 1. The zero-order chi connectivity index (χ0) is 13.5. The molecular weight excluding hydrogens is 246 g/mol. The first-order valence-corrected chi connectivity index (χ1v) is 7.04. The third-order valence-corrected chi connectivity index (χ3v) is 3.49. The Balaban J connectivity index is 2.81. The molecule has 0 aromatic heterocycles. The van der Waals surface area contributed by atoms with Crippen LogP contribution < -0.4 is 5.32 Å². The fraction of sp³-hybridized carbons (Fsp3) is 0.600. The van der Waals surface area contributed by atoms with Crippen molar-refractivity contribution in [1.82, 2.24) is 5.32 Å². The van der Waals surface area contributed by atoms with Crippen LogP contribution in [-0.4, -0.2) is 19.2 Å². The summed E-state index contributed by atoms with van der Waals surface area (Å²) in [5.74, 6) is 0.497. The van der Waals surface area contributed by atoms with Gasteiger partial charge in [0.05, 0.1) is 12.2 Å². The fourth-order valence-electron chi connectivity index (χ4n) is 1.66. The third kappa shape index (κ3) is 4.60. The lowest BCUT2D eigenvalue weighted by molar-refractivity contribution is -0.0256. The molecule has 0 aliphatic carbocycles. The van der Waals surface area contributed by atoms with Crippen LogP contribution in [0.25, 0.3) is 0 Å². The topological polar surface area (TPSA) is 21.3 Å². The van der Waals surface area contributed by atoms with Crippen molar-refractivity contribution in [1.29, 1.82) is 0 Å². The van der Waals surface area contributed by atoms with E-state index in [1.54, 1.807) is 0 Å². The first-order chi connectivity index (χ1) is 8.56. The maximum atomic E-state index is 6.25. The summed E-state index contributed by atoms with van der Waals surface area (Å²) in [5, 5.41) is 4.11. The van der Waals surface area contributed by atoms with Crippen LogP contribution in [-0.2, 0) is 4.74 Å². The molecule has 2 nitrogen and oxygen atoms in total. The molecule has 0 saturated heterocycles. The van der Waals surface area contributed by atoms with Gasteiger partial charge in [0.2, 0.25) is 0 Å². The summed E-state index contributed by atoms with van der Waals surface area (Å²) in [7, 11) is 0. The quantitative estimate of drug-likeness (QED) is 0.806. The van der Waals surface area contributed by atoms with Gasteiger partial charge < -0.3 is 10.1 Å². The Morgan fingerprint density at radius 1 is 1.22 bits per heavy atom. The molecule has 0 fully saturated rings. The van der Waals surface area contributed by atoms with Gasteiger partial charge in [-0.2, -0.15) is 0 Å². The van der Waals surface area contributed by atoms with Gasteiger partial charge in [-0.15, -0.1) is 0 Å². The van der Waals surface area contributed by atoms with Gasteiger partial charge in [0.15, 0.2) is 0 Å². The highest BCUT2D eigenvalue weighted by molar-refractivity contribution is 6.31. The Bertz CT molecular complexity index is 354. The molecule has 1 N–H and O–H groups in total. The van der Waals surface area contributed by atoms with Gasteiger partial charge in [0, 0.05) is 17.1 Å². The Morgan fingerprint density at radius 2 is 1.89 bits per heavy atom. The largest absolute Gasteiger partial charge is 0.369 e. The summed E-state index contributed by atoms with van der Waals surface area (Å²) in [6, 6.07) is 7.90. The number of nitrogens with one attached hydrogen (secondary N) is 1. The summed E-state index contributed by atoms with van der Waals surface area (Å²) in [6.07, 6.45) is 0.223. The van der Waals surface area contributed by atoms with E-state index in [1.165, 1.54) is 0 Å². The van der Waals surface area contributed by atoms with Crippen molar-refractivity contribution >= 4 is 11.6 Å². The van der Waals surface area contributed by atoms with Crippen molar-refractivity contribution in [3.05, 3.63) is 34.9 Å². The van der Waals surface area contributed by atoms with E-state index < -0.39 is 0 Å². The second kappa shape index (κ2) is 7.78. The van der Waals surface area contributed by atoms with Crippen LogP contribution in [0.3, 0.4) is 0 Å². The molecule has 1 aromatic rings. The first-order valence-electron chi connectivity index (χ1n) is 6.66. The smallest absolute Gasteiger partial charge is 0.0967 e. The molecule has 1 rings (SSSR count). The number of ether oxygens (including phenoxy) is 1. The highest BCUT2D eigenvalue weighted by Gasteiger charge is 2.19. The van der Waals surface area contributed by atoms with E-state index in [9.17, 15) is 0 Å². The highest BCUT2D eigenvalue weighted by atomic mass is 35.5. The van der Waals surface area contributed by atoms with Gasteiger partial charge in [-0.1, -0.05) is 50.6 Å². The minimum absolute atomic E-state index is 0.0102. The molecule has 0 bridgehead atoms. The summed E-state index contributed by atoms with van der Waals surface area (Å²) in [4.78, 5) is 0. The SMILES string of the molecule is CCNCC(OC(C)C(C)C)c1ccccc1Cl. The Labute approximate surface area is 116 Å². The molecule has 0 spiro atoms. The molecule has 0 saturated carbocycles. The van der Waals surface area contributed by atoms with E-state index in [2.05, 4.69) is 33.0 Å². The maximum absolute atomic E-state index is 6.25. The average Bonchev–Trinajstić information content (AvgIpc) is 2.35. The number of hydrogen-bond donors (Lipinski definition) is 1. The first kappa shape index (κ1) is 15.5. The molecule has 0 radical (unpaired) electrons. The van der Waals surface area contributed by atoms with Crippen LogP contribution in [0.2, 0.25) is 5.02 Å². The van der Waals surface area contributed by atoms with Crippen LogP contribution >= 0.6 is 11.6 Å². The minimum atomic E-state index is 0.0102. The Morgan fingerprint density at radius 3 is 2.44 bits per heavy atom. The highest BCUT2D eigenvalue weighted by Crippen LogP contribution is 2.27. The summed E-state index contributed by atoms with van der Waals surface area (Å²) < 4.78 is 6.13. The molecule has 2 unspecified atom stereocenters. The summed E-state index contributed by atoms with van der Waals surface area (Å²) in [5.41, 5.74) is 1.06. The monoisotopic (exact) mass is 269 g/mol. The van der Waals surface area contributed by atoms with E-state index in [-0.39, 0.29) is 12.2 Å². The van der Waals surface area contributed by atoms with Crippen LogP contribution in [0.15, 0.2) is 24.3 Å². The van der Waals surface area contributed by atoms with Gasteiger partial charge >= 0.3 is 0 Å². The van der Waals surface area contributed by atoms with Crippen LogP contribution in [0.4, 0.5) is 0 Å². The van der Waals surface area contributed by atoms with Crippen LogP contribution in [0.1, 0.15) is 39.4 Å². The van der Waals surface area contributed by atoms with E-state index >= 15 is 0 Å². The average molecular weight is 270 g/mol. The molecule has 3 heteroatoms. The molecule has 0 amide bonds. The molecule has 0 heterocycles. The van der Waals surface area contributed by atoms with Crippen molar-refractivity contribution in [2.45, 2.75) is 39.9 Å². The van der Waals surface area contributed by atoms with E-state index in [4.69, 9.17) is 16.3 Å². The molecule has 102 valence electrons. The van der Waals surface area contributed by atoms with Crippen molar-refractivity contribution in [3.63, 3.8) is 0 Å². The van der Waals surface area contributed by atoms with Gasteiger partial charge in [0.1, 0.15) is 0 Å². The van der Waals surface area contributed by atoms with E-state index in [1.807, 2.05) is 24.3 Å². The maximum Gasteiger partial charge on any atom is 0.0967 e. The lowest BCUT2D eigenvalue weighted by Crippen LogP contribution is -2.28. The molecular formula is C15H24ClNO. The van der Waals surface area contributed by atoms with Crippen LogP contribution in [0.5, 0.6) is 0 Å².